The van der Waals surface area contributed by atoms with Gasteiger partial charge < -0.3 is 15.4 Å². The van der Waals surface area contributed by atoms with E-state index in [1.54, 1.807) is 7.11 Å². The van der Waals surface area contributed by atoms with Gasteiger partial charge in [0.15, 0.2) is 0 Å². The van der Waals surface area contributed by atoms with Gasteiger partial charge in [0.05, 0.1) is 24.5 Å². The van der Waals surface area contributed by atoms with Crippen LogP contribution in [0.1, 0.15) is 17.0 Å². The van der Waals surface area contributed by atoms with Crippen molar-refractivity contribution in [2.75, 3.05) is 26.8 Å². The first-order valence-electron chi connectivity index (χ1n) is 7.70. The number of rotatable bonds is 8. The molecule has 2 rings (SSSR count). The Bertz CT molecular complexity index is 644. The molecule has 1 aromatic heterocycles. The van der Waals surface area contributed by atoms with Crippen LogP contribution >= 0.6 is 12.4 Å². The van der Waals surface area contributed by atoms with Crippen molar-refractivity contribution in [1.29, 1.82) is 0 Å². The van der Waals surface area contributed by atoms with Gasteiger partial charge in [-0.15, -0.1) is 12.4 Å². The Morgan fingerprint density at radius 2 is 1.96 bits per heavy atom. The van der Waals surface area contributed by atoms with Crippen LogP contribution in [-0.2, 0) is 16.1 Å². The molecule has 1 amide bonds. The van der Waals surface area contributed by atoms with Gasteiger partial charge in [-0.3, -0.25) is 4.79 Å². The van der Waals surface area contributed by atoms with Gasteiger partial charge in [0, 0.05) is 31.5 Å². The third-order valence-electron chi connectivity index (χ3n) is 3.67. The minimum absolute atomic E-state index is 0. The van der Waals surface area contributed by atoms with Crippen LogP contribution < -0.4 is 10.6 Å². The Kier molecular flexibility index (Phi) is 8.46. The second-order valence-corrected chi connectivity index (χ2v) is 5.34. The molecule has 2 N–H and O–H groups in total. The number of carbonyl (C=O) groups is 1. The van der Waals surface area contributed by atoms with Crippen molar-refractivity contribution in [2.24, 2.45) is 0 Å². The summed E-state index contributed by atoms with van der Waals surface area (Å²) in [5.74, 6) is -0.0348. The van der Waals surface area contributed by atoms with Gasteiger partial charge in [0.1, 0.15) is 0 Å². The molecular weight excluding hydrogens is 328 g/mol. The number of nitrogens with zero attached hydrogens (tertiary/aromatic N) is 2. The van der Waals surface area contributed by atoms with Gasteiger partial charge in [-0.05, 0) is 26.0 Å². The van der Waals surface area contributed by atoms with Gasteiger partial charge in [0.2, 0.25) is 5.91 Å². The monoisotopic (exact) mass is 352 g/mol. The molecule has 0 aliphatic carbocycles. The third-order valence-corrected chi connectivity index (χ3v) is 3.67. The number of hydrogen-bond donors (Lipinski definition) is 2. The summed E-state index contributed by atoms with van der Waals surface area (Å²) in [5, 5.41) is 10.5. The number of aromatic nitrogens is 2. The summed E-state index contributed by atoms with van der Waals surface area (Å²) in [6, 6.07) is 9.98. The summed E-state index contributed by atoms with van der Waals surface area (Å²) in [6.45, 7) is 6.00. The molecule has 0 aliphatic heterocycles. The number of benzene rings is 1. The van der Waals surface area contributed by atoms with Crippen LogP contribution in [0, 0.1) is 13.8 Å². The zero-order valence-electron chi connectivity index (χ0n) is 14.3. The second kappa shape index (κ2) is 10.1. The SMILES string of the molecule is COCCNCC(=O)NCc1c(C)nn(-c2ccccc2)c1C.Cl. The number of methoxy groups -OCH3 is 1. The van der Waals surface area contributed by atoms with E-state index in [2.05, 4.69) is 15.7 Å². The summed E-state index contributed by atoms with van der Waals surface area (Å²) in [4.78, 5) is 11.8. The Morgan fingerprint density at radius 1 is 1.25 bits per heavy atom. The number of ether oxygens (including phenoxy) is 1. The highest BCUT2D eigenvalue weighted by Crippen LogP contribution is 2.17. The van der Waals surface area contributed by atoms with Crippen LogP contribution in [0.15, 0.2) is 30.3 Å². The highest BCUT2D eigenvalue weighted by Gasteiger charge is 2.13. The smallest absolute Gasteiger partial charge is 0.234 e. The van der Waals surface area contributed by atoms with Crippen LogP contribution in [0.2, 0.25) is 0 Å². The average Bonchev–Trinajstić information content (AvgIpc) is 2.85. The molecule has 0 saturated carbocycles. The lowest BCUT2D eigenvalue weighted by molar-refractivity contribution is -0.120. The second-order valence-electron chi connectivity index (χ2n) is 5.34. The van der Waals surface area contributed by atoms with E-state index in [0.29, 0.717) is 19.7 Å². The molecule has 6 nitrogen and oxygen atoms in total. The van der Waals surface area contributed by atoms with Crippen LogP contribution in [0.25, 0.3) is 5.69 Å². The van der Waals surface area contributed by atoms with Crippen LogP contribution in [0.4, 0.5) is 0 Å². The van der Waals surface area contributed by atoms with Gasteiger partial charge in [0.25, 0.3) is 0 Å². The van der Waals surface area contributed by atoms with E-state index in [9.17, 15) is 4.79 Å². The molecule has 0 unspecified atom stereocenters. The molecule has 0 fully saturated rings. The van der Waals surface area contributed by atoms with Crippen molar-refractivity contribution >= 4 is 18.3 Å². The summed E-state index contributed by atoms with van der Waals surface area (Å²) >= 11 is 0. The maximum absolute atomic E-state index is 11.8. The normalized spacial score (nSPS) is 10.3. The van der Waals surface area contributed by atoms with E-state index < -0.39 is 0 Å². The van der Waals surface area contributed by atoms with Crippen LogP contribution in [0.3, 0.4) is 0 Å². The lowest BCUT2D eigenvalue weighted by Gasteiger charge is -2.08. The Balaban J connectivity index is 0.00000288. The molecule has 132 valence electrons. The quantitative estimate of drug-likeness (QED) is 0.710. The molecule has 0 bridgehead atoms. The average molecular weight is 353 g/mol. The standard InChI is InChI=1S/C17H24N4O2.ClH/c1-13-16(11-19-17(22)12-18-9-10-23-3)14(2)21(20-13)15-7-5-4-6-8-15;/h4-8,18H,9-12H2,1-3H3,(H,19,22);1H. The Labute approximate surface area is 149 Å². The highest BCUT2D eigenvalue weighted by atomic mass is 35.5. The largest absolute Gasteiger partial charge is 0.383 e. The minimum atomic E-state index is -0.0348. The Hall–Kier alpha value is -1.89. The third kappa shape index (κ3) is 5.33. The van der Waals surface area contributed by atoms with E-state index in [1.807, 2.05) is 48.9 Å². The van der Waals surface area contributed by atoms with Crippen LogP contribution in [0.5, 0.6) is 0 Å². The molecule has 2 aromatic rings. The molecule has 0 saturated heterocycles. The number of hydrogen-bond acceptors (Lipinski definition) is 4. The fourth-order valence-electron chi connectivity index (χ4n) is 2.38. The van der Waals surface area contributed by atoms with E-state index >= 15 is 0 Å². The van der Waals surface area contributed by atoms with E-state index in [0.717, 1.165) is 22.6 Å². The predicted molar refractivity (Wildman–Crippen MR) is 96.9 cm³/mol. The van der Waals surface area contributed by atoms with Gasteiger partial charge in [-0.25, -0.2) is 4.68 Å². The molecule has 0 aliphatic rings. The lowest BCUT2D eigenvalue weighted by atomic mass is 10.2. The van der Waals surface area contributed by atoms with E-state index in [1.165, 1.54) is 0 Å². The first kappa shape index (κ1) is 20.2. The fraction of sp³-hybridized carbons (Fsp3) is 0.412. The summed E-state index contributed by atoms with van der Waals surface area (Å²) in [7, 11) is 1.64. The molecule has 0 radical (unpaired) electrons. The predicted octanol–water partition coefficient (Wildman–Crippen LogP) is 1.76. The topological polar surface area (TPSA) is 68.2 Å². The summed E-state index contributed by atoms with van der Waals surface area (Å²) in [5.41, 5.74) is 4.05. The highest BCUT2D eigenvalue weighted by molar-refractivity contribution is 5.85. The summed E-state index contributed by atoms with van der Waals surface area (Å²) < 4.78 is 6.83. The summed E-state index contributed by atoms with van der Waals surface area (Å²) in [6.07, 6.45) is 0. The maximum Gasteiger partial charge on any atom is 0.234 e. The Morgan fingerprint density at radius 3 is 2.62 bits per heavy atom. The number of carbonyl (C=O) groups excluding carboxylic acids is 1. The number of amides is 1. The van der Waals surface area contributed by atoms with Gasteiger partial charge >= 0.3 is 0 Å². The number of halogens is 1. The first-order chi connectivity index (χ1) is 11.1. The molecule has 0 spiro atoms. The molecule has 7 heteroatoms. The van der Waals surface area contributed by atoms with Crippen LogP contribution in [-0.4, -0.2) is 42.5 Å². The molecular formula is C17H25ClN4O2. The van der Waals surface area contributed by atoms with E-state index in [-0.39, 0.29) is 24.9 Å². The molecule has 0 atom stereocenters. The number of para-hydroxylation sites is 1. The van der Waals surface area contributed by atoms with E-state index in [4.69, 9.17) is 4.74 Å². The minimum Gasteiger partial charge on any atom is -0.383 e. The van der Waals surface area contributed by atoms with Crippen molar-refractivity contribution < 1.29 is 9.53 Å². The van der Waals surface area contributed by atoms with Crippen molar-refractivity contribution in [2.45, 2.75) is 20.4 Å². The zero-order valence-corrected chi connectivity index (χ0v) is 15.2. The molecule has 1 aromatic carbocycles. The molecule has 24 heavy (non-hydrogen) atoms. The van der Waals surface area contributed by atoms with Crippen molar-refractivity contribution in [3.8, 4) is 5.69 Å². The molecule has 1 heterocycles. The number of nitrogens with one attached hydrogen (secondary N) is 2. The maximum atomic E-state index is 11.8. The fourth-order valence-corrected chi connectivity index (χ4v) is 2.38. The van der Waals surface area contributed by atoms with Crippen molar-refractivity contribution in [1.82, 2.24) is 20.4 Å². The van der Waals surface area contributed by atoms with Crippen molar-refractivity contribution in [3.63, 3.8) is 0 Å². The van der Waals surface area contributed by atoms with Gasteiger partial charge in [-0.1, -0.05) is 18.2 Å². The van der Waals surface area contributed by atoms with Gasteiger partial charge in [-0.2, -0.15) is 5.10 Å². The zero-order chi connectivity index (χ0) is 16.7. The number of aryl methyl sites for hydroxylation is 1. The first-order valence-corrected chi connectivity index (χ1v) is 7.70. The van der Waals surface area contributed by atoms with Crippen molar-refractivity contribution in [3.05, 3.63) is 47.3 Å². The lowest BCUT2D eigenvalue weighted by Crippen LogP contribution is -2.35.